The standard InChI is InChI=1S/C14HF15N4/c15-10(16,17)4-5(11(18,19)20)7(13(24,25)26)9(33-32-3(1-30)2-31)8(14(27,28)29)6(4)12(21,22)23/h33H. The second kappa shape index (κ2) is 8.19. The highest BCUT2D eigenvalue weighted by Crippen LogP contribution is 2.58. The van der Waals surface area contributed by atoms with Crippen molar-refractivity contribution in [2.75, 3.05) is 5.43 Å². The van der Waals surface area contributed by atoms with Crippen molar-refractivity contribution in [2.45, 2.75) is 30.9 Å². The third kappa shape index (κ3) is 5.71. The average molecular weight is 510 g/mol. The van der Waals surface area contributed by atoms with Crippen LogP contribution in [-0.2, 0) is 30.9 Å². The van der Waals surface area contributed by atoms with E-state index < -0.39 is 70.1 Å². The number of alkyl halides is 15. The summed E-state index contributed by atoms with van der Waals surface area (Å²) in [7, 11) is 0. The number of anilines is 1. The Hall–Kier alpha value is -3.38. The molecule has 4 nitrogen and oxygen atoms in total. The first-order valence-corrected chi connectivity index (χ1v) is 7.23. The Morgan fingerprint density at radius 1 is 0.515 bits per heavy atom. The Bertz CT molecular complexity index is 967. The fourth-order valence-electron chi connectivity index (χ4n) is 2.47. The third-order valence-electron chi connectivity index (χ3n) is 3.41. The lowest BCUT2D eigenvalue weighted by Crippen LogP contribution is -2.32. The predicted molar refractivity (Wildman–Crippen MR) is 73.7 cm³/mol. The highest BCUT2D eigenvalue weighted by molar-refractivity contribution is 6.10. The normalized spacial score (nSPS) is 13.2. The number of nitrogens with zero attached hydrogens (tertiary/aromatic N) is 3. The lowest BCUT2D eigenvalue weighted by Gasteiger charge is -2.30. The van der Waals surface area contributed by atoms with Crippen molar-refractivity contribution in [1.82, 2.24) is 0 Å². The highest BCUT2D eigenvalue weighted by atomic mass is 19.4. The van der Waals surface area contributed by atoms with Crippen LogP contribution in [0.15, 0.2) is 5.10 Å². The maximum atomic E-state index is 13.4. The molecule has 0 bridgehead atoms. The molecular weight excluding hydrogens is 509 g/mol. The van der Waals surface area contributed by atoms with Crippen molar-refractivity contribution < 1.29 is 65.9 Å². The van der Waals surface area contributed by atoms with Crippen LogP contribution in [-0.4, -0.2) is 5.71 Å². The van der Waals surface area contributed by atoms with E-state index in [4.69, 9.17) is 10.5 Å². The van der Waals surface area contributed by atoms with E-state index in [2.05, 4.69) is 5.10 Å². The fraction of sp³-hybridized carbons (Fsp3) is 0.357. The quantitative estimate of drug-likeness (QED) is 0.277. The van der Waals surface area contributed by atoms with E-state index in [0.717, 1.165) is 0 Å². The lowest BCUT2D eigenvalue weighted by molar-refractivity contribution is -0.188. The molecule has 19 heteroatoms. The van der Waals surface area contributed by atoms with Gasteiger partial charge in [0, 0.05) is 0 Å². The first-order valence-electron chi connectivity index (χ1n) is 7.23. The van der Waals surface area contributed by atoms with Crippen molar-refractivity contribution >= 4 is 11.4 Å². The Balaban J connectivity index is 4.73. The molecule has 182 valence electrons. The molecule has 1 aromatic rings. The Labute approximate surface area is 170 Å². The summed E-state index contributed by atoms with van der Waals surface area (Å²) < 4.78 is 199. The summed E-state index contributed by atoms with van der Waals surface area (Å²) in [5.74, 6) is 0. The maximum Gasteiger partial charge on any atom is 0.419 e. The molecule has 0 spiro atoms. The highest BCUT2D eigenvalue weighted by Gasteiger charge is 2.60. The SMILES string of the molecule is N#CC(C#N)=NNc1c(C(F)(F)F)c(C(F)(F)F)c(C(F)(F)F)c(C(F)(F)F)c1C(F)(F)F. The van der Waals surface area contributed by atoms with Gasteiger partial charge >= 0.3 is 30.9 Å². The second-order valence-corrected chi connectivity index (χ2v) is 5.53. The van der Waals surface area contributed by atoms with Gasteiger partial charge in [0.05, 0.1) is 33.5 Å². The zero-order valence-electron chi connectivity index (χ0n) is 14.5. The van der Waals surface area contributed by atoms with Crippen LogP contribution in [0.25, 0.3) is 0 Å². The molecule has 0 heterocycles. The fourth-order valence-corrected chi connectivity index (χ4v) is 2.47. The van der Waals surface area contributed by atoms with Crippen molar-refractivity contribution in [1.29, 1.82) is 10.5 Å². The van der Waals surface area contributed by atoms with Crippen molar-refractivity contribution in [2.24, 2.45) is 5.10 Å². The lowest BCUT2D eigenvalue weighted by atomic mass is 9.87. The molecule has 1 aromatic carbocycles. The minimum Gasteiger partial charge on any atom is -0.275 e. The van der Waals surface area contributed by atoms with Crippen molar-refractivity contribution in [3.05, 3.63) is 27.8 Å². The van der Waals surface area contributed by atoms with E-state index in [1.807, 2.05) is 0 Å². The minimum atomic E-state index is -7.03. The molecule has 0 atom stereocenters. The van der Waals surface area contributed by atoms with Gasteiger partial charge in [0.1, 0.15) is 12.1 Å². The number of benzene rings is 1. The summed E-state index contributed by atoms with van der Waals surface area (Å²) >= 11 is 0. The van der Waals surface area contributed by atoms with Crippen molar-refractivity contribution in [3.63, 3.8) is 0 Å². The Morgan fingerprint density at radius 3 is 0.970 bits per heavy atom. The number of nitriles is 2. The largest absolute Gasteiger partial charge is 0.419 e. The number of nitrogens with one attached hydrogen (secondary N) is 1. The zero-order chi connectivity index (χ0) is 26.4. The zero-order valence-corrected chi connectivity index (χ0v) is 14.5. The minimum absolute atomic E-state index is 0.436. The van der Waals surface area contributed by atoms with Crippen molar-refractivity contribution in [3.8, 4) is 12.1 Å². The first-order chi connectivity index (χ1) is 14.5. The van der Waals surface area contributed by atoms with Gasteiger partial charge in [-0.25, -0.2) is 0 Å². The van der Waals surface area contributed by atoms with Gasteiger partial charge in [0.2, 0.25) is 5.71 Å². The van der Waals surface area contributed by atoms with Gasteiger partial charge in [0.15, 0.2) is 0 Å². The van der Waals surface area contributed by atoms with Gasteiger partial charge in [-0.15, -0.1) is 0 Å². The van der Waals surface area contributed by atoms with E-state index in [-0.39, 0.29) is 0 Å². The Kier molecular flexibility index (Phi) is 6.87. The maximum absolute atomic E-state index is 13.4. The predicted octanol–water partition coefficient (Wildman–Crippen LogP) is 6.60. The summed E-state index contributed by atoms with van der Waals surface area (Å²) in [6, 6.07) is 1.41. The molecular formula is C14HF15N4. The second-order valence-electron chi connectivity index (χ2n) is 5.53. The van der Waals surface area contributed by atoms with E-state index in [0.29, 0.717) is 17.6 Å². The Morgan fingerprint density at radius 2 is 0.758 bits per heavy atom. The van der Waals surface area contributed by atoms with Gasteiger partial charge in [-0.3, -0.25) is 5.43 Å². The van der Waals surface area contributed by atoms with E-state index >= 15 is 0 Å². The molecule has 0 aliphatic heterocycles. The molecule has 0 unspecified atom stereocenters. The van der Waals surface area contributed by atoms with E-state index in [9.17, 15) is 65.9 Å². The van der Waals surface area contributed by atoms with E-state index in [1.165, 1.54) is 0 Å². The monoisotopic (exact) mass is 510 g/mol. The van der Waals surface area contributed by atoms with Gasteiger partial charge in [-0.1, -0.05) is 0 Å². The molecule has 0 aliphatic carbocycles. The summed E-state index contributed by atoms with van der Waals surface area (Å²) in [6.07, 6.45) is -34.5. The van der Waals surface area contributed by atoms with Gasteiger partial charge < -0.3 is 0 Å². The molecule has 0 saturated heterocycles. The molecule has 1 N–H and O–H groups in total. The molecule has 1 rings (SSSR count). The number of halogens is 15. The summed E-state index contributed by atoms with van der Waals surface area (Å²) in [6.45, 7) is 0. The van der Waals surface area contributed by atoms with Crippen LogP contribution >= 0.6 is 0 Å². The average Bonchev–Trinajstić information content (AvgIpc) is 2.56. The number of hydrogen-bond acceptors (Lipinski definition) is 4. The molecule has 0 aromatic heterocycles. The summed E-state index contributed by atoms with van der Waals surface area (Å²) in [5.41, 5.74) is -24.8. The van der Waals surface area contributed by atoms with Crippen LogP contribution in [0.3, 0.4) is 0 Å². The topological polar surface area (TPSA) is 72.0 Å². The third-order valence-corrected chi connectivity index (χ3v) is 3.41. The molecule has 0 saturated carbocycles. The van der Waals surface area contributed by atoms with Gasteiger partial charge in [-0.05, 0) is 0 Å². The molecule has 0 fully saturated rings. The molecule has 0 aliphatic rings. The van der Waals surface area contributed by atoms with Gasteiger partial charge in [-0.2, -0.15) is 81.5 Å². The molecule has 33 heavy (non-hydrogen) atoms. The van der Waals surface area contributed by atoms with Crippen LogP contribution < -0.4 is 5.43 Å². The summed E-state index contributed by atoms with van der Waals surface area (Å²) in [4.78, 5) is 0. The van der Waals surface area contributed by atoms with Crippen LogP contribution in [0.4, 0.5) is 71.5 Å². The number of hydrogen-bond donors (Lipinski definition) is 1. The van der Waals surface area contributed by atoms with Crippen LogP contribution in [0.1, 0.15) is 27.8 Å². The molecule has 0 radical (unpaired) electrons. The van der Waals surface area contributed by atoms with Crippen LogP contribution in [0.5, 0.6) is 0 Å². The smallest absolute Gasteiger partial charge is 0.275 e. The first kappa shape index (κ1) is 27.7. The number of hydrazone groups is 1. The molecule has 0 amide bonds. The summed E-state index contributed by atoms with van der Waals surface area (Å²) in [5, 5.41) is 19.0. The van der Waals surface area contributed by atoms with E-state index in [1.54, 1.807) is 0 Å². The van der Waals surface area contributed by atoms with Crippen LogP contribution in [0, 0.1) is 22.7 Å². The van der Waals surface area contributed by atoms with Gasteiger partial charge in [0.25, 0.3) is 0 Å². The number of rotatable bonds is 2. The van der Waals surface area contributed by atoms with Crippen LogP contribution in [0.2, 0.25) is 0 Å².